The van der Waals surface area contributed by atoms with Crippen molar-refractivity contribution >= 4 is 7.81 Å². The standard InChI is InChI=1S/C4H10O.F6P/c1-3-5-4-2;1-7(2,3,4,5)6/h3-4H2,1-2H3;/q;-1. The fraction of sp³-hybridized carbons (Fsp3) is 1.00. The van der Waals surface area contributed by atoms with E-state index in [0.717, 1.165) is 13.2 Å². The van der Waals surface area contributed by atoms with Gasteiger partial charge in [-0.25, -0.2) is 0 Å². The molecule has 0 aromatic rings. The maximum absolute atomic E-state index is 10.7. The molecule has 0 aliphatic rings. The molecule has 0 aliphatic carbocycles. The molecule has 12 heavy (non-hydrogen) atoms. The van der Waals surface area contributed by atoms with Gasteiger partial charge in [0.05, 0.1) is 0 Å². The van der Waals surface area contributed by atoms with Crippen LogP contribution in [0.25, 0.3) is 0 Å². The van der Waals surface area contributed by atoms with Crippen molar-refractivity contribution in [2.24, 2.45) is 0 Å². The van der Waals surface area contributed by atoms with E-state index in [0.29, 0.717) is 0 Å². The molecule has 0 N–H and O–H groups in total. The van der Waals surface area contributed by atoms with E-state index in [4.69, 9.17) is 4.74 Å². The molecule has 0 aliphatic heterocycles. The van der Waals surface area contributed by atoms with Crippen molar-refractivity contribution in [3.05, 3.63) is 0 Å². The minimum atomic E-state index is -10.7. The van der Waals surface area contributed by atoms with Gasteiger partial charge in [0.15, 0.2) is 0 Å². The summed E-state index contributed by atoms with van der Waals surface area (Å²) in [4.78, 5) is 0. The molecule has 0 radical (unpaired) electrons. The van der Waals surface area contributed by atoms with Crippen LogP contribution in [0.1, 0.15) is 13.8 Å². The SMILES string of the molecule is CCOCC.F[P-](F)(F)(F)(F)F. The van der Waals surface area contributed by atoms with E-state index in [-0.39, 0.29) is 0 Å². The summed E-state index contributed by atoms with van der Waals surface area (Å²) in [6, 6.07) is 0. The number of hydrogen-bond acceptors (Lipinski definition) is 1. The van der Waals surface area contributed by atoms with Gasteiger partial charge in [0.2, 0.25) is 0 Å². The summed E-state index contributed by atoms with van der Waals surface area (Å²) in [5.74, 6) is 0. The molecule has 1 nitrogen and oxygen atoms in total. The van der Waals surface area contributed by atoms with Gasteiger partial charge in [-0.05, 0) is 13.8 Å². The Balaban J connectivity index is 0. The summed E-state index contributed by atoms with van der Waals surface area (Å²) < 4.78 is 64.0. The topological polar surface area (TPSA) is 9.23 Å². The molecule has 0 bridgehead atoms. The summed E-state index contributed by atoms with van der Waals surface area (Å²) in [6.07, 6.45) is 0. The van der Waals surface area contributed by atoms with E-state index in [9.17, 15) is 25.2 Å². The molecule has 0 saturated heterocycles. The van der Waals surface area contributed by atoms with Gasteiger partial charge in [0.1, 0.15) is 0 Å². The fourth-order valence-electron chi connectivity index (χ4n) is 0.204. The van der Waals surface area contributed by atoms with Crippen LogP contribution < -0.4 is 0 Å². The maximum atomic E-state index is 9.87. The quantitative estimate of drug-likeness (QED) is 0.493. The van der Waals surface area contributed by atoms with Crippen LogP contribution in [-0.2, 0) is 4.74 Å². The van der Waals surface area contributed by atoms with Crippen molar-refractivity contribution in [3.8, 4) is 0 Å². The van der Waals surface area contributed by atoms with Crippen LogP contribution in [0, 0.1) is 0 Å². The number of ether oxygens (including phenoxy) is 1. The zero-order valence-electron chi connectivity index (χ0n) is 6.54. The molecule has 0 saturated carbocycles. The van der Waals surface area contributed by atoms with E-state index in [2.05, 4.69) is 0 Å². The first-order valence-electron chi connectivity index (χ1n) is 3.01. The molecule has 0 spiro atoms. The van der Waals surface area contributed by atoms with Crippen molar-refractivity contribution in [2.45, 2.75) is 13.8 Å². The van der Waals surface area contributed by atoms with Gasteiger partial charge >= 0.3 is 33.0 Å². The average Bonchev–Trinajstić information content (AvgIpc) is 1.58. The third-order valence-electron chi connectivity index (χ3n) is 0.408. The molecule has 0 amide bonds. The molecule has 0 unspecified atom stereocenters. The van der Waals surface area contributed by atoms with E-state index >= 15 is 0 Å². The first-order chi connectivity index (χ1) is 4.86. The van der Waals surface area contributed by atoms with E-state index < -0.39 is 7.81 Å². The zero-order valence-corrected chi connectivity index (χ0v) is 7.43. The Kier molecular flexibility index (Phi) is 4.08. The van der Waals surface area contributed by atoms with Gasteiger partial charge in [0, 0.05) is 13.2 Å². The molecule has 0 fully saturated rings. The van der Waals surface area contributed by atoms with Crippen LogP contribution in [0.2, 0.25) is 0 Å². The molecule has 80 valence electrons. The Morgan fingerprint density at radius 3 is 1.00 bits per heavy atom. The van der Waals surface area contributed by atoms with Crippen LogP contribution in [0.3, 0.4) is 0 Å². The van der Waals surface area contributed by atoms with Crippen LogP contribution >= 0.6 is 7.81 Å². The second kappa shape index (κ2) is 3.38. The number of hydrogen-bond donors (Lipinski definition) is 0. The summed E-state index contributed by atoms with van der Waals surface area (Å²) in [5, 5.41) is 0. The van der Waals surface area contributed by atoms with Crippen molar-refractivity contribution in [2.75, 3.05) is 13.2 Å². The van der Waals surface area contributed by atoms with Crippen LogP contribution in [0.4, 0.5) is 25.2 Å². The van der Waals surface area contributed by atoms with E-state index in [1.807, 2.05) is 13.8 Å². The Morgan fingerprint density at radius 2 is 1.00 bits per heavy atom. The molecule has 8 heteroatoms. The van der Waals surface area contributed by atoms with Gasteiger partial charge in [-0.15, -0.1) is 0 Å². The Hall–Kier alpha value is -0.0300. The summed E-state index contributed by atoms with van der Waals surface area (Å²) in [6.45, 7) is 5.67. The number of rotatable bonds is 2. The monoisotopic (exact) mass is 219 g/mol. The molecule has 0 heterocycles. The molecular weight excluding hydrogens is 209 g/mol. The molecule has 0 rings (SSSR count). The zero-order chi connectivity index (χ0) is 10.5. The van der Waals surface area contributed by atoms with Gasteiger partial charge in [-0.1, -0.05) is 0 Å². The second-order valence-electron chi connectivity index (χ2n) is 1.74. The molecule has 0 aromatic heterocycles. The van der Waals surface area contributed by atoms with Gasteiger partial charge in [-0.3, -0.25) is 0 Å². The third kappa shape index (κ3) is 207. The predicted octanol–water partition coefficient (Wildman–Crippen LogP) is 4.43. The number of halogens is 6. The van der Waals surface area contributed by atoms with Crippen molar-refractivity contribution in [1.82, 2.24) is 0 Å². The van der Waals surface area contributed by atoms with Gasteiger partial charge in [0.25, 0.3) is 0 Å². The second-order valence-corrected chi connectivity index (χ2v) is 3.66. The first-order valence-corrected chi connectivity index (χ1v) is 5.03. The first kappa shape index (κ1) is 14.5. The summed E-state index contributed by atoms with van der Waals surface area (Å²) in [7, 11) is -10.7. The van der Waals surface area contributed by atoms with E-state index in [1.54, 1.807) is 0 Å². The average molecular weight is 219 g/mol. The minimum absolute atomic E-state index is 0.844. The van der Waals surface area contributed by atoms with Crippen molar-refractivity contribution in [3.63, 3.8) is 0 Å². The molecule has 0 aromatic carbocycles. The van der Waals surface area contributed by atoms with E-state index in [1.165, 1.54) is 0 Å². The van der Waals surface area contributed by atoms with Gasteiger partial charge < -0.3 is 4.74 Å². The third-order valence-corrected chi connectivity index (χ3v) is 0.408. The summed E-state index contributed by atoms with van der Waals surface area (Å²) in [5.41, 5.74) is 0. The van der Waals surface area contributed by atoms with Crippen LogP contribution in [-0.4, -0.2) is 13.2 Å². The Labute approximate surface area is 65.9 Å². The van der Waals surface area contributed by atoms with Crippen LogP contribution in [0.15, 0.2) is 0 Å². The van der Waals surface area contributed by atoms with Crippen molar-refractivity contribution < 1.29 is 29.9 Å². The normalized spacial score (nSPS) is 17.0. The van der Waals surface area contributed by atoms with Crippen LogP contribution in [0.5, 0.6) is 0 Å². The molecular formula is C4H10F6OP-. The fourth-order valence-corrected chi connectivity index (χ4v) is 0.204. The summed E-state index contributed by atoms with van der Waals surface area (Å²) >= 11 is 0. The molecule has 0 atom stereocenters. The predicted molar refractivity (Wildman–Crippen MR) is 35.7 cm³/mol. The van der Waals surface area contributed by atoms with Gasteiger partial charge in [-0.2, -0.15) is 0 Å². The van der Waals surface area contributed by atoms with Crippen molar-refractivity contribution in [1.29, 1.82) is 0 Å². The Morgan fingerprint density at radius 1 is 0.833 bits per heavy atom. The Bertz CT molecular complexity index is 109.